The lowest BCUT2D eigenvalue weighted by Gasteiger charge is -1.97. The third-order valence-electron chi connectivity index (χ3n) is 1.91. The number of nitrogens with zero attached hydrogens (tertiary/aromatic N) is 1. The van der Waals surface area contributed by atoms with Crippen LogP contribution in [0.3, 0.4) is 0 Å². The highest BCUT2D eigenvalue weighted by molar-refractivity contribution is 5.85. The summed E-state index contributed by atoms with van der Waals surface area (Å²) < 4.78 is 0. The van der Waals surface area contributed by atoms with Gasteiger partial charge in [0.2, 0.25) is 0 Å². The summed E-state index contributed by atoms with van der Waals surface area (Å²) in [5.41, 5.74) is 9.03. The number of nitrogens with one attached hydrogen (secondary N) is 1. The number of hydrogen-bond acceptors (Lipinski definition) is 2. The second-order valence-electron chi connectivity index (χ2n) is 2.80. The summed E-state index contributed by atoms with van der Waals surface area (Å²) in [6, 6.07) is 0. The van der Waals surface area contributed by atoms with Gasteiger partial charge in [-0.1, -0.05) is 0 Å². The van der Waals surface area contributed by atoms with E-state index in [0.717, 1.165) is 25.1 Å². The standard InChI is InChI=1S/C8H15N3.2ClH/c1-6-8(4-3-5-9)7(2)11-10-6;;/h3-5,9H2,1-2H3,(H,10,11);2*1H. The Balaban J connectivity index is 0. The van der Waals surface area contributed by atoms with Crippen LogP contribution in [0, 0.1) is 13.8 Å². The number of aromatic amines is 1. The van der Waals surface area contributed by atoms with E-state index in [9.17, 15) is 0 Å². The summed E-state index contributed by atoms with van der Waals surface area (Å²) in [6.07, 6.45) is 2.09. The lowest BCUT2D eigenvalue weighted by atomic mass is 10.1. The molecule has 0 aliphatic heterocycles. The van der Waals surface area contributed by atoms with Gasteiger partial charge >= 0.3 is 0 Å². The first-order valence-corrected chi connectivity index (χ1v) is 3.96. The van der Waals surface area contributed by atoms with E-state index in [-0.39, 0.29) is 24.8 Å². The molecule has 0 aliphatic carbocycles. The van der Waals surface area contributed by atoms with E-state index in [1.165, 1.54) is 11.3 Å². The number of nitrogens with two attached hydrogens (primary N) is 1. The average Bonchev–Trinajstić information content (AvgIpc) is 2.29. The first kappa shape index (κ1) is 15.2. The SMILES string of the molecule is Cc1n[nH]c(C)c1CCCN.Cl.Cl. The van der Waals surface area contributed by atoms with Gasteiger partial charge in [-0.25, -0.2) is 0 Å². The molecule has 0 aliphatic rings. The maximum Gasteiger partial charge on any atom is 0.0625 e. The van der Waals surface area contributed by atoms with Gasteiger partial charge in [-0.15, -0.1) is 24.8 Å². The number of rotatable bonds is 3. The Bertz CT molecular complexity index is 216. The molecule has 3 nitrogen and oxygen atoms in total. The van der Waals surface area contributed by atoms with Gasteiger partial charge in [-0.2, -0.15) is 5.10 Å². The molecule has 0 amide bonds. The molecule has 0 aromatic carbocycles. The van der Waals surface area contributed by atoms with E-state index in [2.05, 4.69) is 10.2 Å². The third-order valence-corrected chi connectivity index (χ3v) is 1.91. The molecule has 1 rings (SSSR count). The summed E-state index contributed by atoms with van der Waals surface area (Å²) in [4.78, 5) is 0. The summed E-state index contributed by atoms with van der Waals surface area (Å²) >= 11 is 0. The minimum atomic E-state index is 0. The molecule has 0 saturated carbocycles. The molecule has 0 atom stereocenters. The predicted octanol–water partition coefficient (Wildman–Crippen LogP) is 1.76. The van der Waals surface area contributed by atoms with Gasteiger partial charge in [-0.3, -0.25) is 5.10 Å². The molecule has 13 heavy (non-hydrogen) atoms. The van der Waals surface area contributed by atoms with Crippen molar-refractivity contribution in [3.63, 3.8) is 0 Å². The monoisotopic (exact) mass is 225 g/mol. The van der Waals surface area contributed by atoms with E-state index in [1.807, 2.05) is 13.8 Å². The zero-order chi connectivity index (χ0) is 8.27. The van der Waals surface area contributed by atoms with Crippen LogP contribution in [0.5, 0.6) is 0 Å². The molecule has 1 aromatic heterocycles. The van der Waals surface area contributed by atoms with Crippen molar-refractivity contribution in [1.29, 1.82) is 0 Å². The highest BCUT2D eigenvalue weighted by atomic mass is 35.5. The van der Waals surface area contributed by atoms with Crippen molar-refractivity contribution in [2.45, 2.75) is 26.7 Å². The number of halogens is 2. The Morgan fingerprint density at radius 3 is 2.31 bits per heavy atom. The van der Waals surface area contributed by atoms with Crippen molar-refractivity contribution >= 4 is 24.8 Å². The minimum absolute atomic E-state index is 0. The first-order valence-electron chi connectivity index (χ1n) is 3.96. The fourth-order valence-corrected chi connectivity index (χ4v) is 1.22. The van der Waals surface area contributed by atoms with Crippen molar-refractivity contribution in [2.24, 2.45) is 5.73 Å². The molecule has 3 N–H and O–H groups in total. The number of hydrogen-bond donors (Lipinski definition) is 2. The van der Waals surface area contributed by atoms with Gasteiger partial charge in [0, 0.05) is 5.69 Å². The molecule has 0 saturated heterocycles. The van der Waals surface area contributed by atoms with Crippen LogP contribution < -0.4 is 5.73 Å². The van der Waals surface area contributed by atoms with Crippen LogP contribution >= 0.6 is 24.8 Å². The fourth-order valence-electron chi connectivity index (χ4n) is 1.22. The summed E-state index contributed by atoms with van der Waals surface area (Å²) in [5.74, 6) is 0. The average molecular weight is 226 g/mol. The van der Waals surface area contributed by atoms with Gasteiger partial charge in [0.25, 0.3) is 0 Å². The van der Waals surface area contributed by atoms with Gasteiger partial charge in [0.15, 0.2) is 0 Å². The lowest BCUT2D eigenvalue weighted by molar-refractivity contribution is 0.824. The highest BCUT2D eigenvalue weighted by Gasteiger charge is 2.03. The molecule has 0 spiro atoms. The van der Waals surface area contributed by atoms with Crippen LogP contribution in [-0.4, -0.2) is 16.7 Å². The van der Waals surface area contributed by atoms with Gasteiger partial charge in [0.1, 0.15) is 0 Å². The van der Waals surface area contributed by atoms with E-state index in [4.69, 9.17) is 5.73 Å². The van der Waals surface area contributed by atoms with Crippen molar-refractivity contribution in [1.82, 2.24) is 10.2 Å². The Labute approximate surface area is 91.3 Å². The highest BCUT2D eigenvalue weighted by Crippen LogP contribution is 2.10. The smallest absolute Gasteiger partial charge is 0.0625 e. The number of aromatic nitrogens is 2. The third kappa shape index (κ3) is 3.98. The first-order chi connectivity index (χ1) is 5.25. The molecule has 0 unspecified atom stereocenters. The molecule has 0 radical (unpaired) electrons. The molecule has 0 fully saturated rings. The maximum absolute atomic E-state index is 5.41. The van der Waals surface area contributed by atoms with Crippen LogP contribution in [0.1, 0.15) is 23.4 Å². The molecule has 1 aromatic rings. The molecular formula is C8H17Cl2N3. The van der Waals surface area contributed by atoms with Crippen molar-refractivity contribution < 1.29 is 0 Å². The van der Waals surface area contributed by atoms with E-state index in [0.29, 0.717) is 0 Å². The zero-order valence-electron chi connectivity index (χ0n) is 7.96. The van der Waals surface area contributed by atoms with E-state index >= 15 is 0 Å². The normalized spacial score (nSPS) is 8.85. The molecule has 78 valence electrons. The van der Waals surface area contributed by atoms with Gasteiger partial charge < -0.3 is 5.73 Å². The van der Waals surface area contributed by atoms with Crippen molar-refractivity contribution in [3.8, 4) is 0 Å². The van der Waals surface area contributed by atoms with Crippen LogP contribution in [0.4, 0.5) is 0 Å². The Hall–Kier alpha value is -0.250. The van der Waals surface area contributed by atoms with Crippen LogP contribution in [-0.2, 0) is 6.42 Å². The second-order valence-corrected chi connectivity index (χ2v) is 2.80. The molecular weight excluding hydrogens is 209 g/mol. The van der Waals surface area contributed by atoms with Crippen LogP contribution in [0.15, 0.2) is 0 Å². The van der Waals surface area contributed by atoms with E-state index in [1.54, 1.807) is 0 Å². The molecule has 0 bridgehead atoms. The minimum Gasteiger partial charge on any atom is -0.330 e. The quantitative estimate of drug-likeness (QED) is 0.825. The topological polar surface area (TPSA) is 54.7 Å². The molecule has 1 heterocycles. The summed E-state index contributed by atoms with van der Waals surface area (Å²) in [6.45, 7) is 4.82. The van der Waals surface area contributed by atoms with Crippen molar-refractivity contribution in [2.75, 3.05) is 6.54 Å². The van der Waals surface area contributed by atoms with E-state index < -0.39 is 0 Å². The largest absolute Gasteiger partial charge is 0.330 e. The van der Waals surface area contributed by atoms with Gasteiger partial charge in [-0.05, 0) is 38.8 Å². The zero-order valence-corrected chi connectivity index (χ0v) is 9.60. The Morgan fingerprint density at radius 2 is 1.92 bits per heavy atom. The lowest BCUT2D eigenvalue weighted by Crippen LogP contribution is -2.01. The Kier molecular flexibility index (Phi) is 8.42. The predicted molar refractivity (Wildman–Crippen MR) is 59.9 cm³/mol. The maximum atomic E-state index is 5.41. The molecule has 5 heteroatoms. The summed E-state index contributed by atoms with van der Waals surface area (Å²) in [5, 5.41) is 7.06. The summed E-state index contributed by atoms with van der Waals surface area (Å²) in [7, 11) is 0. The number of H-pyrrole nitrogens is 1. The van der Waals surface area contributed by atoms with Gasteiger partial charge in [0.05, 0.1) is 5.69 Å². The number of aryl methyl sites for hydroxylation is 2. The van der Waals surface area contributed by atoms with Crippen molar-refractivity contribution in [3.05, 3.63) is 17.0 Å². The Morgan fingerprint density at radius 1 is 1.31 bits per heavy atom. The van der Waals surface area contributed by atoms with Crippen LogP contribution in [0.25, 0.3) is 0 Å². The fraction of sp³-hybridized carbons (Fsp3) is 0.625. The van der Waals surface area contributed by atoms with Crippen LogP contribution in [0.2, 0.25) is 0 Å². The second kappa shape index (κ2) is 7.18.